The summed E-state index contributed by atoms with van der Waals surface area (Å²) < 4.78 is 1.37. The van der Waals surface area contributed by atoms with E-state index in [1.807, 2.05) is 19.1 Å². The number of aryl methyl sites for hydroxylation is 1. The lowest BCUT2D eigenvalue weighted by Crippen LogP contribution is -2.44. The van der Waals surface area contributed by atoms with E-state index in [1.165, 1.54) is 11.1 Å². The average Bonchev–Trinajstić information content (AvgIpc) is 2.59. The highest BCUT2D eigenvalue weighted by atomic mass is 16.2. The number of carbonyl (C=O) groups is 1. The van der Waals surface area contributed by atoms with Crippen LogP contribution in [0.15, 0.2) is 29.1 Å². The highest BCUT2D eigenvalue weighted by Crippen LogP contribution is 2.29. The highest BCUT2D eigenvalue weighted by Gasteiger charge is 2.29. The summed E-state index contributed by atoms with van der Waals surface area (Å²) in [6, 6.07) is 7.38. The summed E-state index contributed by atoms with van der Waals surface area (Å²) in [4.78, 5) is 25.3. The molecule has 3 rings (SSSR count). The van der Waals surface area contributed by atoms with Gasteiger partial charge < -0.3 is 5.32 Å². The molecule has 5 nitrogen and oxygen atoms in total. The molecule has 1 amide bonds. The normalized spacial score (nSPS) is 24.0. The van der Waals surface area contributed by atoms with E-state index in [4.69, 9.17) is 0 Å². The fourth-order valence-corrected chi connectivity index (χ4v) is 3.64. The summed E-state index contributed by atoms with van der Waals surface area (Å²) in [6.07, 6.45) is 3.36. The summed E-state index contributed by atoms with van der Waals surface area (Å²) in [5.41, 5.74) is 0.196. The summed E-state index contributed by atoms with van der Waals surface area (Å²) in [5.74, 6) is 0.878. The molecule has 1 N–H and O–H groups in total. The van der Waals surface area contributed by atoms with E-state index in [9.17, 15) is 9.59 Å². The van der Waals surface area contributed by atoms with E-state index in [2.05, 4.69) is 24.3 Å². The molecule has 1 aliphatic rings. The molecular weight excluding hydrogens is 302 g/mol. The van der Waals surface area contributed by atoms with Gasteiger partial charge in [0.25, 0.3) is 11.5 Å². The van der Waals surface area contributed by atoms with Gasteiger partial charge in [-0.25, -0.2) is 4.68 Å². The van der Waals surface area contributed by atoms with Gasteiger partial charge in [-0.05, 0) is 31.2 Å². The summed E-state index contributed by atoms with van der Waals surface area (Å²) in [5, 5.41) is 8.65. The third-order valence-corrected chi connectivity index (χ3v) is 5.41. The molecule has 24 heavy (non-hydrogen) atoms. The van der Waals surface area contributed by atoms with Crippen LogP contribution in [0, 0.1) is 11.8 Å². The Hall–Kier alpha value is -2.17. The molecule has 3 atom stereocenters. The molecule has 0 spiro atoms. The second-order valence-electron chi connectivity index (χ2n) is 6.86. The van der Waals surface area contributed by atoms with Gasteiger partial charge >= 0.3 is 0 Å². The van der Waals surface area contributed by atoms with Gasteiger partial charge in [0.1, 0.15) is 0 Å². The Morgan fingerprint density at radius 2 is 1.96 bits per heavy atom. The van der Waals surface area contributed by atoms with Crippen molar-refractivity contribution >= 4 is 16.7 Å². The Labute approximate surface area is 142 Å². The van der Waals surface area contributed by atoms with Gasteiger partial charge in [-0.1, -0.05) is 44.9 Å². The monoisotopic (exact) mass is 327 g/mol. The van der Waals surface area contributed by atoms with Crippen LogP contribution in [0.1, 0.15) is 50.5 Å². The van der Waals surface area contributed by atoms with Crippen molar-refractivity contribution in [3.8, 4) is 0 Å². The molecule has 1 saturated carbocycles. The van der Waals surface area contributed by atoms with Crippen LogP contribution >= 0.6 is 0 Å². The van der Waals surface area contributed by atoms with Crippen molar-refractivity contribution in [2.24, 2.45) is 11.8 Å². The van der Waals surface area contributed by atoms with Crippen molar-refractivity contribution in [2.75, 3.05) is 0 Å². The number of rotatable bonds is 3. The number of carbonyl (C=O) groups excluding carboxylic acids is 1. The lowest BCUT2D eigenvalue weighted by molar-refractivity contribution is 0.0885. The highest BCUT2D eigenvalue weighted by molar-refractivity contribution is 6.04. The van der Waals surface area contributed by atoms with E-state index >= 15 is 0 Å². The van der Waals surface area contributed by atoms with Crippen molar-refractivity contribution in [1.82, 2.24) is 15.1 Å². The minimum atomic E-state index is -0.181. The van der Waals surface area contributed by atoms with Gasteiger partial charge in [0.15, 0.2) is 5.69 Å². The van der Waals surface area contributed by atoms with Crippen molar-refractivity contribution in [1.29, 1.82) is 0 Å². The van der Waals surface area contributed by atoms with Crippen LogP contribution in [-0.2, 0) is 6.54 Å². The van der Waals surface area contributed by atoms with Gasteiger partial charge in [0.2, 0.25) is 0 Å². The first-order valence-corrected chi connectivity index (χ1v) is 8.83. The quantitative estimate of drug-likeness (QED) is 0.942. The first-order valence-electron chi connectivity index (χ1n) is 8.83. The predicted molar refractivity (Wildman–Crippen MR) is 95.1 cm³/mol. The molecule has 128 valence electrons. The molecule has 0 bridgehead atoms. The Balaban J connectivity index is 1.98. The molecule has 0 aliphatic heterocycles. The molecular formula is C19H25N3O2. The summed E-state index contributed by atoms with van der Waals surface area (Å²) in [6.45, 7) is 6.75. The molecule has 1 aromatic carbocycles. The zero-order valence-electron chi connectivity index (χ0n) is 14.6. The molecule has 1 aliphatic carbocycles. The molecule has 0 saturated heterocycles. The molecule has 1 aromatic heterocycles. The van der Waals surface area contributed by atoms with Crippen LogP contribution in [0.4, 0.5) is 0 Å². The zero-order valence-corrected chi connectivity index (χ0v) is 14.6. The third-order valence-electron chi connectivity index (χ3n) is 5.41. The zero-order chi connectivity index (χ0) is 17.3. The Kier molecular flexibility index (Phi) is 4.69. The maximum absolute atomic E-state index is 12.9. The van der Waals surface area contributed by atoms with Gasteiger partial charge in [-0.2, -0.15) is 5.10 Å². The van der Waals surface area contributed by atoms with Gasteiger partial charge in [0.05, 0.1) is 5.39 Å². The van der Waals surface area contributed by atoms with Crippen molar-refractivity contribution < 1.29 is 4.79 Å². The number of nitrogens with one attached hydrogen (secondary N) is 1. The first-order chi connectivity index (χ1) is 11.5. The fourth-order valence-electron chi connectivity index (χ4n) is 3.64. The van der Waals surface area contributed by atoms with E-state index in [-0.39, 0.29) is 17.5 Å². The van der Waals surface area contributed by atoms with Crippen LogP contribution < -0.4 is 10.9 Å². The molecule has 1 heterocycles. The maximum Gasteiger partial charge on any atom is 0.274 e. The van der Waals surface area contributed by atoms with E-state index in [1.54, 1.807) is 12.1 Å². The number of hydrogen-bond donors (Lipinski definition) is 1. The van der Waals surface area contributed by atoms with Crippen molar-refractivity contribution in [2.45, 2.75) is 52.6 Å². The SMILES string of the molecule is CCn1nc(C(=O)NC2CCCC(C)C2C)c2ccccc2c1=O. The smallest absolute Gasteiger partial charge is 0.274 e. The minimum absolute atomic E-state index is 0.149. The standard InChI is InChI=1S/C19H25N3O2/c1-4-22-19(24)15-10-6-5-9-14(15)17(21-22)18(23)20-16-11-7-8-12(2)13(16)3/h5-6,9-10,12-13,16H,4,7-8,11H2,1-3H3,(H,20,23). The molecule has 3 unspecified atom stereocenters. The molecule has 1 fully saturated rings. The number of benzene rings is 1. The van der Waals surface area contributed by atoms with Crippen molar-refractivity contribution in [3.63, 3.8) is 0 Å². The lowest BCUT2D eigenvalue weighted by Gasteiger charge is -2.34. The van der Waals surface area contributed by atoms with E-state index in [0.717, 1.165) is 12.8 Å². The number of hydrogen-bond acceptors (Lipinski definition) is 3. The molecule has 2 aromatic rings. The van der Waals surface area contributed by atoms with Crippen LogP contribution in [0.3, 0.4) is 0 Å². The predicted octanol–water partition coefficient (Wildman–Crippen LogP) is 2.97. The fraction of sp³-hybridized carbons (Fsp3) is 0.526. The van der Waals surface area contributed by atoms with Gasteiger partial charge in [0, 0.05) is 18.0 Å². The number of nitrogens with zero attached hydrogens (tertiary/aromatic N) is 2. The van der Waals surface area contributed by atoms with Crippen LogP contribution in [0.5, 0.6) is 0 Å². The lowest BCUT2D eigenvalue weighted by atomic mass is 9.78. The Morgan fingerprint density at radius 3 is 2.67 bits per heavy atom. The number of amides is 1. The number of aromatic nitrogens is 2. The maximum atomic E-state index is 12.9. The third kappa shape index (κ3) is 2.95. The van der Waals surface area contributed by atoms with Crippen LogP contribution in [-0.4, -0.2) is 21.7 Å². The topological polar surface area (TPSA) is 64.0 Å². The van der Waals surface area contributed by atoms with Gasteiger partial charge in [-0.3, -0.25) is 9.59 Å². The largest absolute Gasteiger partial charge is 0.348 e. The Morgan fingerprint density at radius 1 is 1.25 bits per heavy atom. The number of fused-ring (bicyclic) bond motifs is 1. The molecule has 0 radical (unpaired) electrons. The summed E-state index contributed by atoms with van der Waals surface area (Å²) >= 11 is 0. The van der Waals surface area contributed by atoms with E-state index < -0.39 is 0 Å². The first kappa shape index (κ1) is 16.7. The summed E-state index contributed by atoms with van der Waals surface area (Å²) in [7, 11) is 0. The van der Waals surface area contributed by atoms with Crippen LogP contribution in [0.25, 0.3) is 10.8 Å². The van der Waals surface area contributed by atoms with Crippen LogP contribution in [0.2, 0.25) is 0 Å². The second kappa shape index (κ2) is 6.75. The molecule has 5 heteroatoms. The Bertz CT molecular complexity index is 812. The average molecular weight is 327 g/mol. The second-order valence-corrected chi connectivity index (χ2v) is 6.86. The van der Waals surface area contributed by atoms with E-state index in [0.29, 0.717) is 34.8 Å². The van der Waals surface area contributed by atoms with Crippen molar-refractivity contribution in [3.05, 3.63) is 40.3 Å². The minimum Gasteiger partial charge on any atom is -0.348 e. The van der Waals surface area contributed by atoms with Gasteiger partial charge in [-0.15, -0.1) is 0 Å².